The predicted octanol–water partition coefficient (Wildman–Crippen LogP) is 4.68. The number of rotatable bonds is 6. The molecular formula is C23H17FN2O4. The van der Waals surface area contributed by atoms with Gasteiger partial charge in [-0.1, -0.05) is 18.2 Å². The molecule has 1 atom stereocenters. The van der Waals surface area contributed by atoms with Crippen molar-refractivity contribution in [1.82, 2.24) is 5.32 Å². The number of ether oxygens (including phenoxy) is 1. The van der Waals surface area contributed by atoms with Crippen molar-refractivity contribution in [3.63, 3.8) is 0 Å². The van der Waals surface area contributed by atoms with Gasteiger partial charge in [0.1, 0.15) is 17.3 Å². The SMILES string of the molecule is C[C@H](NC(=O)c1cc(C#N)ccc1Oc1cccc(F)c1)c1cccc(C(=O)O)c1. The third-order valence-corrected chi connectivity index (χ3v) is 4.36. The van der Waals surface area contributed by atoms with E-state index in [1.54, 1.807) is 25.1 Å². The summed E-state index contributed by atoms with van der Waals surface area (Å²) in [6, 6.07) is 17.5. The van der Waals surface area contributed by atoms with Gasteiger partial charge in [0, 0.05) is 6.07 Å². The lowest BCUT2D eigenvalue weighted by Gasteiger charge is -2.17. The maximum Gasteiger partial charge on any atom is 0.335 e. The Labute approximate surface area is 172 Å². The number of nitrogens with one attached hydrogen (secondary N) is 1. The zero-order chi connectivity index (χ0) is 21.7. The van der Waals surface area contributed by atoms with E-state index in [1.165, 1.54) is 48.5 Å². The summed E-state index contributed by atoms with van der Waals surface area (Å²) in [5.41, 5.74) is 1.06. The minimum atomic E-state index is -1.07. The van der Waals surface area contributed by atoms with Crippen LogP contribution in [0.1, 0.15) is 44.8 Å². The molecule has 2 N–H and O–H groups in total. The number of nitriles is 1. The number of carboxylic acid groups (broad SMARTS) is 1. The number of carboxylic acids is 1. The Morgan fingerprint density at radius 3 is 2.57 bits per heavy atom. The predicted molar refractivity (Wildman–Crippen MR) is 107 cm³/mol. The van der Waals surface area contributed by atoms with E-state index in [0.717, 1.165) is 0 Å². The fourth-order valence-corrected chi connectivity index (χ4v) is 2.82. The lowest BCUT2D eigenvalue weighted by atomic mass is 10.0. The fourth-order valence-electron chi connectivity index (χ4n) is 2.82. The first-order valence-electron chi connectivity index (χ1n) is 8.99. The Morgan fingerprint density at radius 1 is 1.10 bits per heavy atom. The third kappa shape index (κ3) is 4.80. The number of benzene rings is 3. The van der Waals surface area contributed by atoms with Gasteiger partial charge >= 0.3 is 5.97 Å². The van der Waals surface area contributed by atoms with Gasteiger partial charge in [-0.25, -0.2) is 9.18 Å². The molecule has 6 nitrogen and oxygen atoms in total. The normalized spacial score (nSPS) is 11.2. The molecule has 3 rings (SSSR count). The van der Waals surface area contributed by atoms with Gasteiger partial charge in [0.2, 0.25) is 0 Å². The molecule has 0 heterocycles. The number of hydrogen-bond acceptors (Lipinski definition) is 4. The second-order valence-electron chi connectivity index (χ2n) is 6.51. The van der Waals surface area contributed by atoms with E-state index in [0.29, 0.717) is 5.56 Å². The average Bonchev–Trinajstić information content (AvgIpc) is 2.74. The topological polar surface area (TPSA) is 99.4 Å². The van der Waals surface area contributed by atoms with Crippen LogP contribution in [0.3, 0.4) is 0 Å². The molecule has 3 aromatic rings. The molecule has 0 radical (unpaired) electrons. The summed E-state index contributed by atoms with van der Waals surface area (Å²) in [7, 11) is 0. The standard InChI is InChI=1S/C23H17FN2O4/c1-14(16-4-2-5-17(11-16)23(28)29)26-22(27)20-10-15(13-25)8-9-21(20)30-19-7-3-6-18(24)12-19/h2-12,14H,1H3,(H,26,27)(H,28,29)/t14-/m0/s1. The number of hydrogen-bond donors (Lipinski definition) is 2. The van der Waals surface area contributed by atoms with Crippen LogP contribution >= 0.6 is 0 Å². The highest BCUT2D eigenvalue weighted by Gasteiger charge is 2.18. The third-order valence-electron chi connectivity index (χ3n) is 4.36. The highest BCUT2D eigenvalue weighted by Crippen LogP contribution is 2.27. The fraction of sp³-hybridized carbons (Fsp3) is 0.0870. The van der Waals surface area contributed by atoms with Gasteiger partial charge in [-0.2, -0.15) is 5.26 Å². The molecule has 7 heteroatoms. The molecule has 0 saturated carbocycles. The van der Waals surface area contributed by atoms with Crippen molar-refractivity contribution in [1.29, 1.82) is 5.26 Å². The van der Waals surface area contributed by atoms with Crippen molar-refractivity contribution in [3.8, 4) is 17.6 Å². The van der Waals surface area contributed by atoms with Gasteiger partial charge in [-0.3, -0.25) is 4.79 Å². The van der Waals surface area contributed by atoms with Crippen LogP contribution in [-0.2, 0) is 0 Å². The quantitative estimate of drug-likeness (QED) is 0.621. The smallest absolute Gasteiger partial charge is 0.335 e. The summed E-state index contributed by atoms with van der Waals surface area (Å²) in [5, 5.41) is 21.1. The van der Waals surface area contributed by atoms with Crippen molar-refractivity contribution in [2.45, 2.75) is 13.0 Å². The van der Waals surface area contributed by atoms with E-state index >= 15 is 0 Å². The van der Waals surface area contributed by atoms with Crippen LogP contribution in [0.15, 0.2) is 66.7 Å². The summed E-state index contributed by atoms with van der Waals surface area (Å²) in [6.45, 7) is 1.71. The van der Waals surface area contributed by atoms with Crippen molar-refractivity contribution < 1.29 is 23.8 Å². The number of amides is 1. The Hall–Kier alpha value is -4.18. The van der Waals surface area contributed by atoms with E-state index in [1.807, 2.05) is 6.07 Å². The van der Waals surface area contributed by atoms with Crippen molar-refractivity contribution in [2.75, 3.05) is 0 Å². The minimum Gasteiger partial charge on any atom is -0.478 e. The second kappa shape index (κ2) is 8.88. The largest absolute Gasteiger partial charge is 0.478 e. The van der Waals surface area contributed by atoms with Crippen LogP contribution in [0.4, 0.5) is 4.39 Å². The molecule has 150 valence electrons. The minimum absolute atomic E-state index is 0.0968. The molecule has 0 saturated heterocycles. The molecule has 0 aliphatic heterocycles. The van der Waals surface area contributed by atoms with Gasteiger partial charge in [-0.05, 0) is 55.0 Å². The zero-order valence-corrected chi connectivity index (χ0v) is 15.9. The van der Waals surface area contributed by atoms with E-state index in [4.69, 9.17) is 9.84 Å². The van der Waals surface area contributed by atoms with Crippen LogP contribution in [-0.4, -0.2) is 17.0 Å². The molecule has 3 aromatic carbocycles. The highest BCUT2D eigenvalue weighted by molar-refractivity contribution is 5.97. The monoisotopic (exact) mass is 404 g/mol. The molecule has 30 heavy (non-hydrogen) atoms. The summed E-state index contributed by atoms with van der Waals surface area (Å²) in [5.74, 6) is -1.71. The maximum atomic E-state index is 13.5. The number of halogens is 1. The van der Waals surface area contributed by atoms with E-state index in [-0.39, 0.29) is 28.2 Å². The number of carbonyl (C=O) groups is 2. The summed E-state index contributed by atoms with van der Waals surface area (Å²) in [6.07, 6.45) is 0. The van der Waals surface area contributed by atoms with Crippen LogP contribution in [0.5, 0.6) is 11.5 Å². The maximum absolute atomic E-state index is 13.5. The van der Waals surface area contributed by atoms with Crippen LogP contribution in [0.25, 0.3) is 0 Å². The molecule has 0 fully saturated rings. The Morgan fingerprint density at radius 2 is 1.87 bits per heavy atom. The lowest BCUT2D eigenvalue weighted by Crippen LogP contribution is -2.27. The summed E-state index contributed by atoms with van der Waals surface area (Å²) >= 11 is 0. The Kier molecular flexibility index (Phi) is 6.08. The first kappa shape index (κ1) is 20.6. The molecule has 1 amide bonds. The average molecular weight is 404 g/mol. The second-order valence-corrected chi connectivity index (χ2v) is 6.51. The van der Waals surface area contributed by atoms with E-state index in [2.05, 4.69) is 5.32 Å². The van der Waals surface area contributed by atoms with Gasteiger partial charge < -0.3 is 15.2 Å². The van der Waals surface area contributed by atoms with E-state index in [9.17, 15) is 19.2 Å². The Bertz CT molecular complexity index is 1150. The van der Waals surface area contributed by atoms with Gasteiger partial charge in [0.15, 0.2) is 0 Å². The van der Waals surface area contributed by atoms with Crippen molar-refractivity contribution in [2.24, 2.45) is 0 Å². The number of aromatic carboxylic acids is 1. The summed E-state index contributed by atoms with van der Waals surface area (Å²) < 4.78 is 19.1. The molecule has 0 aromatic heterocycles. The number of nitrogens with zero attached hydrogens (tertiary/aromatic N) is 1. The molecule has 0 aliphatic rings. The highest BCUT2D eigenvalue weighted by atomic mass is 19.1. The molecule has 0 unspecified atom stereocenters. The summed E-state index contributed by atoms with van der Waals surface area (Å²) in [4.78, 5) is 24.1. The van der Waals surface area contributed by atoms with Crippen molar-refractivity contribution in [3.05, 3.63) is 94.8 Å². The van der Waals surface area contributed by atoms with Crippen LogP contribution in [0, 0.1) is 17.1 Å². The van der Waals surface area contributed by atoms with Gasteiger partial charge in [-0.15, -0.1) is 0 Å². The Balaban J connectivity index is 1.88. The van der Waals surface area contributed by atoms with Gasteiger partial charge in [0.05, 0.1) is 28.8 Å². The van der Waals surface area contributed by atoms with Crippen LogP contribution in [0.2, 0.25) is 0 Å². The zero-order valence-electron chi connectivity index (χ0n) is 15.9. The number of carbonyl (C=O) groups excluding carboxylic acids is 1. The lowest BCUT2D eigenvalue weighted by molar-refractivity contribution is 0.0696. The van der Waals surface area contributed by atoms with E-state index < -0.39 is 23.7 Å². The first-order valence-corrected chi connectivity index (χ1v) is 8.99. The molecular weight excluding hydrogens is 387 g/mol. The van der Waals surface area contributed by atoms with Crippen LogP contribution < -0.4 is 10.1 Å². The molecule has 0 spiro atoms. The van der Waals surface area contributed by atoms with Crippen molar-refractivity contribution >= 4 is 11.9 Å². The first-order chi connectivity index (χ1) is 14.4. The molecule has 0 aliphatic carbocycles. The molecule has 0 bridgehead atoms. The van der Waals surface area contributed by atoms with Gasteiger partial charge in [0.25, 0.3) is 5.91 Å².